The Bertz CT molecular complexity index is 395. The largest absolute Gasteiger partial charge is 0.469 e. The van der Waals surface area contributed by atoms with Crippen LogP contribution in [0.4, 0.5) is 0 Å². The molecule has 2 atom stereocenters. The van der Waals surface area contributed by atoms with Crippen LogP contribution in [0.5, 0.6) is 0 Å². The van der Waals surface area contributed by atoms with E-state index in [1.54, 1.807) is 0 Å². The molecule has 0 bridgehead atoms. The molecule has 0 unspecified atom stereocenters. The predicted molar refractivity (Wildman–Crippen MR) is 80.7 cm³/mol. The second-order valence-corrected chi connectivity index (χ2v) is 7.45. The van der Waals surface area contributed by atoms with Crippen molar-refractivity contribution in [3.8, 4) is 0 Å². The first-order valence-electron chi connectivity index (χ1n) is 7.91. The summed E-state index contributed by atoms with van der Waals surface area (Å²) in [7, 11) is 1.39. The van der Waals surface area contributed by atoms with Gasteiger partial charge in [0.1, 0.15) is 0 Å². The van der Waals surface area contributed by atoms with Gasteiger partial charge in [0.15, 0.2) is 0 Å². The van der Waals surface area contributed by atoms with E-state index in [4.69, 9.17) is 4.74 Å². The molecular formula is C16H28N2O3. The lowest BCUT2D eigenvalue weighted by molar-refractivity contribution is -0.145. The molecule has 1 saturated heterocycles. The Morgan fingerprint density at radius 3 is 2.24 bits per heavy atom. The average molecular weight is 296 g/mol. The Labute approximate surface area is 127 Å². The monoisotopic (exact) mass is 296 g/mol. The molecule has 120 valence electrons. The lowest BCUT2D eigenvalue weighted by atomic mass is 9.92. The number of carbonyl (C=O) groups is 2. The Kier molecular flexibility index (Phi) is 4.91. The van der Waals surface area contributed by atoms with Gasteiger partial charge in [-0.2, -0.15) is 0 Å². The van der Waals surface area contributed by atoms with Crippen LogP contribution in [-0.4, -0.2) is 61.5 Å². The molecule has 0 aromatic carbocycles. The third-order valence-corrected chi connectivity index (χ3v) is 4.47. The van der Waals surface area contributed by atoms with E-state index in [9.17, 15) is 9.59 Å². The number of ether oxygens (including phenoxy) is 1. The summed E-state index contributed by atoms with van der Waals surface area (Å²) in [6.45, 7) is 11.3. The number of nitrogens with zero attached hydrogens (tertiary/aromatic N) is 2. The van der Waals surface area contributed by atoms with Crippen molar-refractivity contribution in [1.82, 2.24) is 9.80 Å². The van der Waals surface area contributed by atoms with Crippen molar-refractivity contribution in [3.63, 3.8) is 0 Å². The van der Waals surface area contributed by atoms with Crippen LogP contribution in [0, 0.1) is 17.3 Å². The van der Waals surface area contributed by atoms with Gasteiger partial charge in [-0.15, -0.1) is 0 Å². The molecule has 2 aliphatic rings. The van der Waals surface area contributed by atoms with E-state index in [0.29, 0.717) is 11.8 Å². The normalized spacial score (nSPS) is 26.6. The van der Waals surface area contributed by atoms with Crippen molar-refractivity contribution in [2.24, 2.45) is 17.3 Å². The summed E-state index contributed by atoms with van der Waals surface area (Å²) in [6.07, 6.45) is 1.84. The maximum absolute atomic E-state index is 12.3. The van der Waals surface area contributed by atoms with Gasteiger partial charge in [0, 0.05) is 26.2 Å². The fraction of sp³-hybridized carbons (Fsp3) is 0.875. The van der Waals surface area contributed by atoms with Gasteiger partial charge in [0.25, 0.3) is 0 Å². The quantitative estimate of drug-likeness (QED) is 0.735. The summed E-state index contributed by atoms with van der Waals surface area (Å²) in [4.78, 5) is 28.1. The van der Waals surface area contributed by atoms with Crippen LogP contribution >= 0.6 is 0 Å². The lowest BCUT2D eigenvalue weighted by Crippen LogP contribution is -2.49. The maximum atomic E-state index is 12.3. The minimum atomic E-state index is -0.239. The first-order chi connectivity index (χ1) is 9.81. The zero-order valence-corrected chi connectivity index (χ0v) is 13.7. The average Bonchev–Trinajstić information content (AvgIpc) is 3.23. The predicted octanol–water partition coefficient (Wildman–Crippen LogP) is 1.38. The van der Waals surface area contributed by atoms with Crippen LogP contribution in [0.25, 0.3) is 0 Å². The van der Waals surface area contributed by atoms with Gasteiger partial charge < -0.3 is 9.64 Å². The van der Waals surface area contributed by atoms with E-state index in [1.165, 1.54) is 13.5 Å². The zero-order valence-electron chi connectivity index (χ0n) is 13.7. The van der Waals surface area contributed by atoms with Crippen LogP contribution in [0.3, 0.4) is 0 Å². The summed E-state index contributed by atoms with van der Waals surface area (Å²) in [6, 6.07) is 0. The standard InChI is InChI=1S/C16H28N2O3/c1-16(2,3)5-6-17-7-9-18(10-8-17)14(19)12-11-13(12)15(20)21-4/h12-13H,5-11H2,1-4H3/t12-,13+/m0/s1. The van der Waals surface area contributed by atoms with E-state index >= 15 is 0 Å². The molecule has 0 radical (unpaired) electrons. The summed E-state index contributed by atoms with van der Waals surface area (Å²) >= 11 is 0. The maximum Gasteiger partial charge on any atom is 0.309 e. The highest BCUT2D eigenvalue weighted by molar-refractivity contribution is 5.90. The van der Waals surface area contributed by atoms with Gasteiger partial charge in [-0.1, -0.05) is 20.8 Å². The third kappa shape index (κ3) is 4.43. The molecule has 0 aromatic rings. The van der Waals surface area contributed by atoms with Crippen molar-refractivity contribution < 1.29 is 14.3 Å². The minimum absolute atomic E-state index is 0.126. The number of piperazine rings is 1. The number of hydrogen-bond acceptors (Lipinski definition) is 4. The fourth-order valence-corrected chi connectivity index (χ4v) is 2.80. The van der Waals surface area contributed by atoms with Crippen molar-refractivity contribution in [1.29, 1.82) is 0 Å². The molecule has 21 heavy (non-hydrogen) atoms. The molecule has 5 nitrogen and oxygen atoms in total. The summed E-state index contributed by atoms with van der Waals surface area (Å²) in [5.74, 6) is -0.418. The molecular weight excluding hydrogens is 268 g/mol. The molecule has 1 amide bonds. The third-order valence-electron chi connectivity index (χ3n) is 4.47. The molecule has 0 N–H and O–H groups in total. The van der Waals surface area contributed by atoms with E-state index in [-0.39, 0.29) is 23.7 Å². The van der Waals surface area contributed by atoms with Crippen molar-refractivity contribution >= 4 is 11.9 Å². The second kappa shape index (κ2) is 6.34. The minimum Gasteiger partial charge on any atom is -0.469 e. The van der Waals surface area contributed by atoms with Crippen molar-refractivity contribution in [2.75, 3.05) is 39.8 Å². The van der Waals surface area contributed by atoms with Crippen LogP contribution in [0.1, 0.15) is 33.6 Å². The van der Waals surface area contributed by atoms with Gasteiger partial charge in [-0.25, -0.2) is 0 Å². The van der Waals surface area contributed by atoms with Gasteiger partial charge in [-0.05, 0) is 24.8 Å². The van der Waals surface area contributed by atoms with Gasteiger partial charge in [-0.3, -0.25) is 14.5 Å². The molecule has 1 saturated carbocycles. The molecule has 2 fully saturated rings. The van der Waals surface area contributed by atoms with E-state index in [0.717, 1.165) is 32.7 Å². The second-order valence-electron chi connectivity index (χ2n) is 7.45. The molecule has 5 heteroatoms. The highest BCUT2D eigenvalue weighted by Gasteiger charge is 2.50. The Balaban J connectivity index is 1.72. The Morgan fingerprint density at radius 1 is 1.10 bits per heavy atom. The summed E-state index contributed by atoms with van der Waals surface area (Å²) in [5.41, 5.74) is 0.356. The van der Waals surface area contributed by atoms with Gasteiger partial charge in [0.05, 0.1) is 18.9 Å². The van der Waals surface area contributed by atoms with Crippen LogP contribution in [0.15, 0.2) is 0 Å². The summed E-state index contributed by atoms with van der Waals surface area (Å²) < 4.78 is 4.70. The molecule has 1 aliphatic heterocycles. The SMILES string of the molecule is COC(=O)[C@@H]1C[C@@H]1C(=O)N1CCN(CCC(C)(C)C)CC1. The number of amides is 1. The van der Waals surface area contributed by atoms with Gasteiger partial charge >= 0.3 is 5.97 Å². The van der Waals surface area contributed by atoms with Crippen molar-refractivity contribution in [3.05, 3.63) is 0 Å². The van der Waals surface area contributed by atoms with E-state index in [1.807, 2.05) is 4.90 Å². The number of carbonyl (C=O) groups excluding carboxylic acids is 2. The smallest absolute Gasteiger partial charge is 0.309 e. The van der Waals surface area contributed by atoms with E-state index in [2.05, 4.69) is 25.7 Å². The highest BCUT2D eigenvalue weighted by Crippen LogP contribution is 2.41. The first kappa shape index (κ1) is 16.3. The molecule has 1 aliphatic carbocycles. The molecule has 1 heterocycles. The summed E-state index contributed by atoms with van der Waals surface area (Å²) in [5, 5.41) is 0. The fourth-order valence-electron chi connectivity index (χ4n) is 2.80. The van der Waals surface area contributed by atoms with Gasteiger partial charge in [0.2, 0.25) is 5.91 Å². The molecule has 0 aromatic heterocycles. The van der Waals surface area contributed by atoms with Crippen LogP contribution in [0.2, 0.25) is 0 Å². The molecule has 2 rings (SSSR count). The number of hydrogen-bond donors (Lipinski definition) is 0. The highest BCUT2D eigenvalue weighted by atomic mass is 16.5. The number of esters is 1. The Hall–Kier alpha value is -1.10. The topological polar surface area (TPSA) is 49.9 Å². The molecule has 0 spiro atoms. The number of rotatable bonds is 4. The van der Waals surface area contributed by atoms with Crippen LogP contribution < -0.4 is 0 Å². The number of methoxy groups -OCH3 is 1. The van der Waals surface area contributed by atoms with E-state index < -0.39 is 0 Å². The van der Waals surface area contributed by atoms with Crippen LogP contribution in [-0.2, 0) is 14.3 Å². The Morgan fingerprint density at radius 2 is 1.71 bits per heavy atom. The first-order valence-corrected chi connectivity index (χ1v) is 7.91. The lowest BCUT2D eigenvalue weighted by Gasteiger charge is -2.36. The van der Waals surface area contributed by atoms with Crippen molar-refractivity contribution in [2.45, 2.75) is 33.6 Å². The zero-order chi connectivity index (χ0) is 15.6.